The van der Waals surface area contributed by atoms with Crippen molar-refractivity contribution in [1.29, 1.82) is 0 Å². The maximum atomic E-state index is 11.8. The van der Waals surface area contributed by atoms with Crippen LogP contribution in [-0.4, -0.2) is 13.4 Å². The Labute approximate surface area is 144 Å². The number of methoxy groups -OCH3 is 1. The van der Waals surface area contributed by atoms with Crippen LogP contribution >= 0.6 is 0 Å². The zero-order valence-electron chi connectivity index (χ0n) is 14.1. The highest BCUT2D eigenvalue weighted by Gasteiger charge is 2.10. The SMILES string of the molecule is CCc1ccc2c(COc3ccc(C=O)cc3OC)cc(=O)oc2c1. The van der Waals surface area contributed by atoms with Crippen molar-refractivity contribution in [1.82, 2.24) is 0 Å². The lowest BCUT2D eigenvalue weighted by molar-refractivity contribution is 0.112. The van der Waals surface area contributed by atoms with Gasteiger partial charge >= 0.3 is 5.63 Å². The van der Waals surface area contributed by atoms with E-state index < -0.39 is 5.63 Å². The van der Waals surface area contributed by atoms with Crippen molar-refractivity contribution in [3.05, 3.63) is 69.6 Å². The molecule has 0 atom stereocenters. The summed E-state index contributed by atoms with van der Waals surface area (Å²) in [5.41, 5.74) is 2.47. The maximum absolute atomic E-state index is 11.8. The summed E-state index contributed by atoms with van der Waals surface area (Å²) >= 11 is 0. The third kappa shape index (κ3) is 3.55. The minimum Gasteiger partial charge on any atom is -0.493 e. The van der Waals surface area contributed by atoms with Crippen molar-refractivity contribution >= 4 is 17.3 Å². The van der Waals surface area contributed by atoms with Crippen molar-refractivity contribution in [3.8, 4) is 11.5 Å². The molecule has 0 bridgehead atoms. The van der Waals surface area contributed by atoms with Crippen LogP contribution < -0.4 is 15.1 Å². The van der Waals surface area contributed by atoms with E-state index in [1.54, 1.807) is 18.2 Å². The monoisotopic (exact) mass is 338 g/mol. The van der Waals surface area contributed by atoms with Gasteiger partial charge in [0.05, 0.1) is 7.11 Å². The Kier molecular flexibility index (Phi) is 4.84. The maximum Gasteiger partial charge on any atom is 0.336 e. The number of rotatable bonds is 6. The lowest BCUT2D eigenvalue weighted by Crippen LogP contribution is -2.05. The lowest BCUT2D eigenvalue weighted by Gasteiger charge is -2.12. The standard InChI is InChI=1S/C20H18O5/c1-3-13-4-6-16-15(10-20(22)25-18(16)8-13)12-24-17-7-5-14(11-21)9-19(17)23-2/h4-11H,3,12H2,1-2H3. The molecule has 0 amide bonds. The molecule has 0 radical (unpaired) electrons. The summed E-state index contributed by atoms with van der Waals surface area (Å²) in [5, 5.41) is 0.834. The molecule has 0 aliphatic heterocycles. The molecule has 0 unspecified atom stereocenters. The molecular weight excluding hydrogens is 320 g/mol. The van der Waals surface area contributed by atoms with Gasteiger partial charge in [-0.15, -0.1) is 0 Å². The molecule has 1 heterocycles. The van der Waals surface area contributed by atoms with Crippen molar-refractivity contribution in [2.24, 2.45) is 0 Å². The molecule has 3 rings (SSSR count). The lowest BCUT2D eigenvalue weighted by atomic mass is 10.1. The minimum atomic E-state index is -0.414. The van der Waals surface area contributed by atoms with E-state index in [4.69, 9.17) is 13.9 Å². The van der Waals surface area contributed by atoms with Gasteiger partial charge in [0.25, 0.3) is 0 Å². The van der Waals surface area contributed by atoms with Crippen molar-refractivity contribution in [2.75, 3.05) is 7.11 Å². The average molecular weight is 338 g/mol. The quantitative estimate of drug-likeness (QED) is 0.506. The van der Waals surface area contributed by atoms with E-state index in [1.807, 2.05) is 25.1 Å². The molecule has 0 N–H and O–H groups in total. The molecule has 1 aromatic heterocycles. The van der Waals surface area contributed by atoms with Crippen LogP contribution in [0.25, 0.3) is 11.0 Å². The molecule has 3 aromatic rings. The Morgan fingerprint density at radius 2 is 1.92 bits per heavy atom. The first kappa shape index (κ1) is 16.8. The topological polar surface area (TPSA) is 65.7 Å². The van der Waals surface area contributed by atoms with Crippen molar-refractivity contribution in [3.63, 3.8) is 0 Å². The van der Waals surface area contributed by atoms with Crippen LogP contribution in [0.15, 0.2) is 51.7 Å². The van der Waals surface area contributed by atoms with E-state index in [2.05, 4.69) is 0 Å². The van der Waals surface area contributed by atoms with Gasteiger partial charge < -0.3 is 13.9 Å². The fraction of sp³-hybridized carbons (Fsp3) is 0.200. The predicted octanol–water partition coefficient (Wildman–Crippen LogP) is 3.76. The molecule has 0 spiro atoms. The van der Waals surface area contributed by atoms with Crippen LogP contribution in [0.2, 0.25) is 0 Å². The molecule has 2 aromatic carbocycles. The second kappa shape index (κ2) is 7.21. The van der Waals surface area contributed by atoms with Gasteiger partial charge in [0.15, 0.2) is 11.5 Å². The van der Waals surface area contributed by atoms with E-state index in [0.29, 0.717) is 22.6 Å². The summed E-state index contributed by atoms with van der Waals surface area (Å²) in [5.74, 6) is 0.963. The fourth-order valence-electron chi connectivity index (χ4n) is 2.65. The molecule has 0 saturated carbocycles. The Balaban J connectivity index is 1.93. The summed E-state index contributed by atoms with van der Waals surface area (Å²) in [4.78, 5) is 22.7. The zero-order chi connectivity index (χ0) is 17.8. The number of carbonyl (C=O) groups excluding carboxylic acids is 1. The number of benzene rings is 2. The van der Waals surface area contributed by atoms with E-state index in [1.165, 1.54) is 13.2 Å². The van der Waals surface area contributed by atoms with Crippen LogP contribution in [-0.2, 0) is 13.0 Å². The van der Waals surface area contributed by atoms with Gasteiger partial charge in [0, 0.05) is 22.6 Å². The summed E-state index contributed by atoms with van der Waals surface area (Å²) in [7, 11) is 1.51. The van der Waals surface area contributed by atoms with Crippen LogP contribution in [0.4, 0.5) is 0 Å². The normalized spacial score (nSPS) is 10.6. The Morgan fingerprint density at radius 1 is 1.08 bits per heavy atom. The van der Waals surface area contributed by atoms with Crippen LogP contribution in [0, 0.1) is 0 Å². The van der Waals surface area contributed by atoms with Crippen molar-refractivity contribution in [2.45, 2.75) is 20.0 Å². The average Bonchev–Trinajstić information content (AvgIpc) is 2.65. The predicted molar refractivity (Wildman–Crippen MR) is 94.6 cm³/mol. The van der Waals surface area contributed by atoms with Crippen LogP contribution in [0.1, 0.15) is 28.4 Å². The Hall–Kier alpha value is -3.08. The molecule has 25 heavy (non-hydrogen) atoms. The molecular formula is C20H18O5. The Bertz CT molecular complexity index is 971. The zero-order valence-corrected chi connectivity index (χ0v) is 14.1. The highest BCUT2D eigenvalue weighted by Crippen LogP contribution is 2.29. The summed E-state index contributed by atoms with van der Waals surface area (Å²) in [6.07, 6.45) is 1.61. The van der Waals surface area contributed by atoms with Gasteiger partial charge in [-0.25, -0.2) is 4.79 Å². The highest BCUT2D eigenvalue weighted by atomic mass is 16.5. The second-order valence-electron chi connectivity index (χ2n) is 5.59. The number of carbonyl (C=O) groups is 1. The number of ether oxygens (including phenoxy) is 2. The molecule has 0 saturated heterocycles. The molecule has 0 fully saturated rings. The molecule has 0 aliphatic rings. The number of aryl methyl sites for hydroxylation is 1. The fourth-order valence-corrected chi connectivity index (χ4v) is 2.65. The number of hydrogen-bond donors (Lipinski definition) is 0. The Morgan fingerprint density at radius 3 is 2.64 bits per heavy atom. The largest absolute Gasteiger partial charge is 0.493 e. The number of aldehydes is 1. The molecule has 0 aliphatic carbocycles. The van der Waals surface area contributed by atoms with Crippen LogP contribution in [0.5, 0.6) is 11.5 Å². The van der Waals surface area contributed by atoms with Crippen LogP contribution in [0.3, 0.4) is 0 Å². The van der Waals surface area contributed by atoms with Gasteiger partial charge in [-0.3, -0.25) is 4.79 Å². The van der Waals surface area contributed by atoms with Gasteiger partial charge in [-0.2, -0.15) is 0 Å². The summed E-state index contributed by atoms with van der Waals surface area (Å²) < 4.78 is 16.4. The van der Waals surface area contributed by atoms with E-state index >= 15 is 0 Å². The highest BCUT2D eigenvalue weighted by molar-refractivity contribution is 5.81. The first-order valence-electron chi connectivity index (χ1n) is 7.96. The van der Waals surface area contributed by atoms with Crippen molar-refractivity contribution < 1.29 is 18.7 Å². The minimum absolute atomic E-state index is 0.185. The van der Waals surface area contributed by atoms with Gasteiger partial charge in [0.2, 0.25) is 0 Å². The third-order valence-corrected chi connectivity index (χ3v) is 4.01. The number of hydrogen-bond acceptors (Lipinski definition) is 5. The summed E-state index contributed by atoms with van der Waals surface area (Å²) in [6.45, 7) is 2.23. The first-order chi connectivity index (χ1) is 12.1. The second-order valence-corrected chi connectivity index (χ2v) is 5.59. The van der Waals surface area contributed by atoms with Gasteiger partial charge in [-0.05, 0) is 36.2 Å². The number of fused-ring (bicyclic) bond motifs is 1. The molecule has 5 nitrogen and oxygen atoms in total. The van der Waals surface area contributed by atoms with E-state index in [-0.39, 0.29) is 6.61 Å². The third-order valence-electron chi connectivity index (χ3n) is 4.01. The summed E-state index contributed by atoms with van der Waals surface area (Å²) in [6, 6.07) is 12.2. The van der Waals surface area contributed by atoms with E-state index in [9.17, 15) is 9.59 Å². The molecule has 128 valence electrons. The first-order valence-corrected chi connectivity index (χ1v) is 7.96. The van der Waals surface area contributed by atoms with E-state index in [0.717, 1.165) is 29.2 Å². The molecule has 5 heteroatoms. The van der Waals surface area contributed by atoms with Gasteiger partial charge in [-0.1, -0.05) is 19.1 Å². The van der Waals surface area contributed by atoms with Gasteiger partial charge in [0.1, 0.15) is 18.5 Å². The smallest absolute Gasteiger partial charge is 0.336 e.